The quantitative estimate of drug-likeness (QED) is 0.845. The van der Waals surface area contributed by atoms with E-state index in [1.807, 2.05) is 25.2 Å². The van der Waals surface area contributed by atoms with Crippen LogP contribution >= 0.6 is 0 Å². The first-order chi connectivity index (χ1) is 12.3. The first kappa shape index (κ1) is 18.0. The summed E-state index contributed by atoms with van der Waals surface area (Å²) in [7, 11) is 2.02. The summed E-state index contributed by atoms with van der Waals surface area (Å²) in [5.74, 6) is -0.297. The fourth-order valence-electron chi connectivity index (χ4n) is 2.98. The van der Waals surface area contributed by atoms with Crippen molar-refractivity contribution in [2.24, 2.45) is 0 Å². The van der Waals surface area contributed by atoms with Crippen LogP contribution in [0.4, 0.5) is 24.5 Å². The molecule has 3 nitrogen and oxygen atoms in total. The Kier molecular flexibility index (Phi) is 5.02. The van der Waals surface area contributed by atoms with E-state index in [-0.39, 0.29) is 12.0 Å². The molecular formula is C20H19F3N2O. The van der Waals surface area contributed by atoms with Gasteiger partial charge in [-0.15, -0.1) is 0 Å². The van der Waals surface area contributed by atoms with Crippen molar-refractivity contribution in [1.29, 1.82) is 0 Å². The summed E-state index contributed by atoms with van der Waals surface area (Å²) in [6.45, 7) is 0.983. The Labute approximate surface area is 150 Å². The first-order valence-electron chi connectivity index (χ1n) is 8.33. The van der Waals surface area contributed by atoms with E-state index in [0.29, 0.717) is 16.8 Å². The van der Waals surface area contributed by atoms with E-state index in [4.69, 9.17) is 0 Å². The smallest absolute Gasteiger partial charge is 0.374 e. The molecule has 1 heterocycles. The summed E-state index contributed by atoms with van der Waals surface area (Å²) in [6.07, 6.45) is -1.06. The third kappa shape index (κ3) is 4.45. The van der Waals surface area contributed by atoms with Crippen LogP contribution in [0.5, 0.6) is 0 Å². The number of hydrogen-bond donors (Lipinski definition) is 1. The second kappa shape index (κ2) is 7.23. The van der Waals surface area contributed by atoms with Crippen molar-refractivity contribution < 1.29 is 18.0 Å². The Morgan fingerprint density at radius 2 is 1.88 bits per heavy atom. The number of hydrogen-bond acceptors (Lipinski definition) is 2. The highest BCUT2D eigenvalue weighted by Crippen LogP contribution is 2.29. The number of alkyl halides is 3. The van der Waals surface area contributed by atoms with Gasteiger partial charge in [0, 0.05) is 36.6 Å². The van der Waals surface area contributed by atoms with Gasteiger partial charge >= 0.3 is 6.18 Å². The average Bonchev–Trinajstić information content (AvgIpc) is 2.60. The maximum absolute atomic E-state index is 12.4. The predicted octanol–water partition coefficient (Wildman–Crippen LogP) is 4.90. The van der Waals surface area contributed by atoms with E-state index in [2.05, 4.69) is 10.2 Å². The lowest BCUT2D eigenvalue weighted by molar-refractivity contribution is -0.0790. The van der Waals surface area contributed by atoms with Gasteiger partial charge in [-0.1, -0.05) is 24.3 Å². The van der Waals surface area contributed by atoms with Crippen LogP contribution in [0.1, 0.15) is 27.9 Å². The molecule has 1 aliphatic rings. The molecule has 26 heavy (non-hydrogen) atoms. The Morgan fingerprint density at radius 3 is 2.58 bits per heavy atom. The number of nitrogens with one attached hydrogen (secondary N) is 1. The van der Waals surface area contributed by atoms with Gasteiger partial charge in [0.1, 0.15) is 0 Å². The van der Waals surface area contributed by atoms with Crippen LogP contribution in [0.15, 0.2) is 48.5 Å². The summed E-state index contributed by atoms with van der Waals surface area (Å²) < 4.78 is 36.6. The van der Waals surface area contributed by atoms with E-state index in [1.54, 1.807) is 0 Å². The molecule has 1 aliphatic heterocycles. The van der Waals surface area contributed by atoms with Crippen LogP contribution in [0, 0.1) is 0 Å². The number of carbonyl (C=O) groups excluding carboxylic acids is 1. The lowest BCUT2D eigenvalue weighted by atomic mass is 10.0. The number of allylic oxidation sites excluding steroid dienone is 1. The summed E-state index contributed by atoms with van der Waals surface area (Å²) in [5.41, 5.74) is 3.84. The zero-order valence-electron chi connectivity index (χ0n) is 14.3. The zero-order valence-corrected chi connectivity index (χ0v) is 14.3. The van der Waals surface area contributed by atoms with Crippen LogP contribution in [-0.4, -0.2) is 25.7 Å². The van der Waals surface area contributed by atoms with Gasteiger partial charge in [-0.25, -0.2) is 0 Å². The van der Waals surface area contributed by atoms with Gasteiger partial charge in [0.2, 0.25) is 0 Å². The molecule has 0 radical (unpaired) electrons. The highest BCUT2D eigenvalue weighted by Gasteiger charge is 2.21. The van der Waals surface area contributed by atoms with Crippen molar-refractivity contribution in [2.75, 3.05) is 23.8 Å². The molecule has 0 bridgehead atoms. The van der Waals surface area contributed by atoms with Gasteiger partial charge < -0.3 is 10.2 Å². The SMILES string of the molecule is CN1CCCc2ccc(NC(=O)c3ccc(/C=C/C(F)(F)F)cc3)cc21. The minimum atomic E-state index is -4.35. The fourth-order valence-corrected chi connectivity index (χ4v) is 2.98. The lowest BCUT2D eigenvalue weighted by Gasteiger charge is -2.28. The van der Waals surface area contributed by atoms with Gasteiger partial charge in [0.05, 0.1) is 0 Å². The Balaban J connectivity index is 1.70. The Bertz CT molecular complexity index is 826. The molecule has 136 valence electrons. The number of halogens is 3. The predicted molar refractivity (Wildman–Crippen MR) is 97.5 cm³/mol. The molecule has 0 saturated heterocycles. The molecule has 1 amide bonds. The largest absolute Gasteiger partial charge is 0.409 e. The average molecular weight is 360 g/mol. The number of benzene rings is 2. The minimum Gasteiger partial charge on any atom is -0.374 e. The molecule has 1 N–H and O–H groups in total. The minimum absolute atomic E-state index is 0.172. The molecule has 0 saturated carbocycles. The van der Waals surface area contributed by atoms with Crippen LogP contribution in [0.2, 0.25) is 0 Å². The molecule has 2 aromatic carbocycles. The number of carbonyl (C=O) groups is 1. The molecule has 0 fully saturated rings. The van der Waals surface area contributed by atoms with Gasteiger partial charge in [-0.3, -0.25) is 4.79 Å². The Hall–Kier alpha value is -2.76. The number of nitrogens with zero attached hydrogens (tertiary/aromatic N) is 1. The molecule has 0 spiro atoms. The van der Waals surface area contributed by atoms with E-state index in [9.17, 15) is 18.0 Å². The first-order valence-corrected chi connectivity index (χ1v) is 8.33. The fraction of sp³-hybridized carbons (Fsp3) is 0.250. The van der Waals surface area contributed by atoms with Crippen LogP contribution in [-0.2, 0) is 6.42 Å². The van der Waals surface area contributed by atoms with E-state index in [0.717, 1.165) is 31.1 Å². The summed E-state index contributed by atoms with van der Waals surface area (Å²) in [5, 5.41) is 2.84. The normalized spacial score (nSPS) is 14.4. The number of fused-ring (bicyclic) bond motifs is 1. The molecule has 0 atom stereocenters. The van der Waals surface area contributed by atoms with E-state index in [1.165, 1.54) is 29.8 Å². The molecule has 6 heteroatoms. The summed E-state index contributed by atoms with van der Waals surface area (Å²) in [6, 6.07) is 11.8. The van der Waals surface area contributed by atoms with Crippen LogP contribution in [0.3, 0.4) is 0 Å². The summed E-state index contributed by atoms with van der Waals surface area (Å²) in [4.78, 5) is 14.5. The van der Waals surface area contributed by atoms with Crippen LogP contribution < -0.4 is 10.2 Å². The maximum Gasteiger partial charge on any atom is 0.409 e. The molecule has 0 aliphatic carbocycles. The highest BCUT2D eigenvalue weighted by atomic mass is 19.4. The highest BCUT2D eigenvalue weighted by molar-refractivity contribution is 6.04. The van der Waals surface area contributed by atoms with Crippen molar-refractivity contribution >= 4 is 23.4 Å². The maximum atomic E-state index is 12.4. The van der Waals surface area contributed by atoms with Crippen molar-refractivity contribution in [3.63, 3.8) is 0 Å². The number of rotatable bonds is 3. The topological polar surface area (TPSA) is 32.3 Å². The van der Waals surface area contributed by atoms with Gasteiger partial charge in [0.15, 0.2) is 0 Å². The second-order valence-electron chi connectivity index (χ2n) is 6.32. The number of aryl methyl sites for hydroxylation is 1. The second-order valence-corrected chi connectivity index (χ2v) is 6.32. The number of amides is 1. The molecule has 0 unspecified atom stereocenters. The standard InChI is InChI=1S/C20H19F3N2O/c1-25-12-2-3-15-8-9-17(13-18(15)25)24-19(26)16-6-4-14(5-7-16)10-11-20(21,22)23/h4-11,13H,2-3,12H2,1H3,(H,24,26)/b11-10+. The Morgan fingerprint density at radius 1 is 1.15 bits per heavy atom. The monoisotopic (exact) mass is 360 g/mol. The van der Waals surface area contributed by atoms with Crippen molar-refractivity contribution in [3.8, 4) is 0 Å². The van der Waals surface area contributed by atoms with E-state index < -0.39 is 6.18 Å². The number of anilines is 2. The molecule has 0 aromatic heterocycles. The van der Waals surface area contributed by atoms with Gasteiger partial charge in [0.25, 0.3) is 5.91 Å². The van der Waals surface area contributed by atoms with Crippen molar-refractivity contribution in [2.45, 2.75) is 19.0 Å². The van der Waals surface area contributed by atoms with Gasteiger partial charge in [-0.05, 0) is 48.2 Å². The zero-order chi connectivity index (χ0) is 18.7. The third-order valence-electron chi connectivity index (χ3n) is 4.33. The van der Waals surface area contributed by atoms with Crippen molar-refractivity contribution in [1.82, 2.24) is 0 Å². The van der Waals surface area contributed by atoms with Crippen LogP contribution in [0.25, 0.3) is 6.08 Å². The van der Waals surface area contributed by atoms with E-state index >= 15 is 0 Å². The molecule has 2 aromatic rings. The molecular weight excluding hydrogens is 341 g/mol. The summed E-state index contributed by atoms with van der Waals surface area (Å²) >= 11 is 0. The third-order valence-corrected chi connectivity index (χ3v) is 4.33. The van der Waals surface area contributed by atoms with Gasteiger partial charge in [-0.2, -0.15) is 13.2 Å². The lowest BCUT2D eigenvalue weighted by Crippen LogP contribution is -2.24. The molecule has 3 rings (SSSR count). The van der Waals surface area contributed by atoms with Crippen molar-refractivity contribution in [3.05, 3.63) is 65.2 Å².